The smallest absolute Gasteiger partial charge is 0.283 e. The molecular weight excluding hydrogens is 455 g/mol. The molecule has 174 valence electrons. The number of carbonyl (C=O) groups excluding carboxylic acids is 1. The zero-order valence-corrected chi connectivity index (χ0v) is 19.9. The number of halogens is 2. The maximum absolute atomic E-state index is 13.4. The summed E-state index contributed by atoms with van der Waals surface area (Å²) in [5.74, 6) is 1.63. The van der Waals surface area contributed by atoms with Crippen molar-refractivity contribution in [2.75, 3.05) is 19.0 Å². The molecule has 4 aromatic rings. The second-order valence-electron chi connectivity index (χ2n) is 8.01. The summed E-state index contributed by atoms with van der Waals surface area (Å²) < 4.78 is 32.8. The third kappa shape index (κ3) is 5.49. The molecule has 0 saturated heterocycles. The van der Waals surface area contributed by atoms with Gasteiger partial charge in [-0.25, -0.2) is 4.98 Å². The summed E-state index contributed by atoms with van der Waals surface area (Å²) in [6, 6.07) is 22.2. The highest BCUT2D eigenvalue weighted by Crippen LogP contribution is 2.36. The van der Waals surface area contributed by atoms with Crippen LogP contribution in [0.3, 0.4) is 0 Å². The summed E-state index contributed by atoms with van der Waals surface area (Å²) in [4.78, 5) is 19.1. The fourth-order valence-electron chi connectivity index (χ4n) is 3.44. The van der Waals surface area contributed by atoms with Crippen LogP contribution in [0.1, 0.15) is 21.6 Å². The van der Waals surface area contributed by atoms with Gasteiger partial charge in [-0.3, -0.25) is 4.79 Å². The van der Waals surface area contributed by atoms with Gasteiger partial charge in [0.25, 0.3) is 11.6 Å². The zero-order valence-electron chi connectivity index (χ0n) is 18.8. The molecule has 34 heavy (non-hydrogen) atoms. The lowest BCUT2D eigenvalue weighted by atomic mass is 10.1. The highest BCUT2D eigenvalue weighted by Gasteiger charge is 2.24. The van der Waals surface area contributed by atoms with E-state index in [2.05, 4.69) is 10.3 Å². The maximum Gasteiger partial charge on any atom is 0.283 e. The number of rotatable bonds is 7. The van der Waals surface area contributed by atoms with Crippen molar-refractivity contribution in [3.8, 4) is 11.5 Å². The molecular formula is C26H24F2N3O2P. The number of fused-ring (bicyclic) bond motifs is 1. The lowest BCUT2D eigenvalue weighted by molar-refractivity contribution is 0.0950. The fourth-order valence-corrected chi connectivity index (χ4v) is 3.64. The standard InChI is InChI=1S/C26H24F2N3O2P/c1-31(2)24-8-4-6-20(30-24)16-29-25(32)18-9-14-22-17(15-18)5-3-7-23(22)33-21-12-10-19(11-13-21)26(27,28)34/h3-15H,16,34H2,1-2H3,(H,29,32). The Morgan fingerprint density at radius 3 is 2.47 bits per heavy atom. The molecule has 0 aliphatic heterocycles. The largest absolute Gasteiger partial charge is 0.457 e. The second kappa shape index (κ2) is 9.74. The summed E-state index contributed by atoms with van der Waals surface area (Å²) in [5, 5.41) is 4.53. The molecule has 1 aromatic heterocycles. The molecule has 1 atom stereocenters. The minimum atomic E-state index is -2.99. The highest BCUT2D eigenvalue weighted by atomic mass is 31.0. The van der Waals surface area contributed by atoms with E-state index in [0.29, 0.717) is 23.6 Å². The van der Waals surface area contributed by atoms with Crippen LogP contribution in [0.5, 0.6) is 11.5 Å². The first kappa shape index (κ1) is 23.6. The van der Waals surface area contributed by atoms with Gasteiger partial charge in [-0.05, 0) is 66.0 Å². The number of carbonyl (C=O) groups is 1. The van der Waals surface area contributed by atoms with Crippen LogP contribution in [0.25, 0.3) is 10.8 Å². The van der Waals surface area contributed by atoms with Crippen LogP contribution in [0.4, 0.5) is 14.6 Å². The van der Waals surface area contributed by atoms with E-state index in [1.165, 1.54) is 33.5 Å². The van der Waals surface area contributed by atoms with Crippen molar-refractivity contribution in [2.24, 2.45) is 0 Å². The number of amides is 1. The molecule has 3 aromatic carbocycles. The summed E-state index contributed by atoms with van der Waals surface area (Å²) in [6.07, 6.45) is 0. The van der Waals surface area contributed by atoms with E-state index in [1.54, 1.807) is 18.2 Å². The van der Waals surface area contributed by atoms with E-state index in [9.17, 15) is 13.6 Å². The SMILES string of the molecule is CN(C)c1cccc(CNC(=O)c2ccc3c(Oc4ccc(C(F)(F)P)cc4)cccc3c2)n1. The number of alkyl halides is 2. The van der Waals surface area contributed by atoms with E-state index < -0.39 is 5.66 Å². The molecule has 0 fully saturated rings. The lowest BCUT2D eigenvalue weighted by Crippen LogP contribution is -2.23. The monoisotopic (exact) mass is 479 g/mol. The van der Waals surface area contributed by atoms with Crippen LogP contribution in [-0.4, -0.2) is 25.0 Å². The van der Waals surface area contributed by atoms with Crippen LogP contribution in [0.15, 0.2) is 78.9 Å². The Morgan fingerprint density at radius 1 is 1.03 bits per heavy atom. The van der Waals surface area contributed by atoms with Gasteiger partial charge in [-0.1, -0.05) is 27.4 Å². The van der Waals surface area contributed by atoms with Gasteiger partial charge in [0.1, 0.15) is 17.3 Å². The first-order valence-electron chi connectivity index (χ1n) is 10.6. The lowest BCUT2D eigenvalue weighted by Gasteiger charge is -2.13. The number of benzene rings is 3. The second-order valence-corrected chi connectivity index (χ2v) is 8.73. The van der Waals surface area contributed by atoms with Gasteiger partial charge in [0.15, 0.2) is 0 Å². The van der Waals surface area contributed by atoms with Gasteiger partial charge in [0.05, 0.1) is 12.2 Å². The highest BCUT2D eigenvalue weighted by molar-refractivity contribution is 7.17. The number of anilines is 1. The van der Waals surface area contributed by atoms with Crippen molar-refractivity contribution in [3.63, 3.8) is 0 Å². The van der Waals surface area contributed by atoms with Crippen LogP contribution >= 0.6 is 9.24 Å². The summed E-state index contributed by atoms with van der Waals surface area (Å²) in [6.45, 7) is 0.313. The summed E-state index contributed by atoms with van der Waals surface area (Å²) in [7, 11) is 5.35. The number of nitrogens with one attached hydrogen (secondary N) is 1. The summed E-state index contributed by atoms with van der Waals surface area (Å²) in [5.41, 5.74) is -1.82. The van der Waals surface area contributed by atoms with Crippen LogP contribution in [0, 0.1) is 0 Å². The number of hydrogen-bond donors (Lipinski definition) is 1. The van der Waals surface area contributed by atoms with E-state index in [4.69, 9.17) is 4.74 Å². The van der Waals surface area contributed by atoms with Crippen molar-refractivity contribution in [2.45, 2.75) is 12.2 Å². The van der Waals surface area contributed by atoms with E-state index in [1.807, 2.05) is 55.4 Å². The Morgan fingerprint density at radius 2 is 1.76 bits per heavy atom. The Kier molecular flexibility index (Phi) is 6.75. The van der Waals surface area contributed by atoms with Crippen molar-refractivity contribution in [3.05, 3.63) is 95.7 Å². The third-order valence-electron chi connectivity index (χ3n) is 5.25. The minimum absolute atomic E-state index is 0.109. The first-order chi connectivity index (χ1) is 16.2. The average Bonchev–Trinajstić information content (AvgIpc) is 2.82. The van der Waals surface area contributed by atoms with E-state index in [0.717, 1.165) is 22.3 Å². The topological polar surface area (TPSA) is 54.5 Å². The van der Waals surface area contributed by atoms with E-state index in [-0.39, 0.29) is 11.5 Å². The Labute approximate surface area is 199 Å². The van der Waals surface area contributed by atoms with Gasteiger partial charge in [-0.15, -0.1) is 0 Å². The van der Waals surface area contributed by atoms with Gasteiger partial charge >= 0.3 is 0 Å². The predicted molar refractivity (Wildman–Crippen MR) is 134 cm³/mol. The molecule has 0 radical (unpaired) electrons. The molecule has 1 unspecified atom stereocenters. The Balaban J connectivity index is 1.49. The quantitative estimate of drug-likeness (QED) is 0.333. The minimum Gasteiger partial charge on any atom is -0.457 e. The van der Waals surface area contributed by atoms with Crippen molar-refractivity contribution in [1.29, 1.82) is 0 Å². The van der Waals surface area contributed by atoms with E-state index >= 15 is 0 Å². The Bertz CT molecular complexity index is 1320. The zero-order chi connectivity index (χ0) is 24.3. The molecule has 0 aliphatic rings. The van der Waals surface area contributed by atoms with Crippen molar-refractivity contribution in [1.82, 2.24) is 10.3 Å². The molecule has 1 amide bonds. The molecule has 8 heteroatoms. The fraction of sp³-hybridized carbons (Fsp3) is 0.154. The third-order valence-corrected chi connectivity index (χ3v) is 5.58. The van der Waals surface area contributed by atoms with Crippen molar-refractivity contribution < 1.29 is 18.3 Å². The molecule has 1 heterocycles. The number of pyridine rings is 1. The number of aromatic nitrogens is 1. The molecule has 4 rings (SSSR count). The molecule has 5 nitrogen and oxygen atoms in total. The molecule has 1 N–H and O–H groups in total. The molecule has 0 spiro atoms. The average molecular weight is 479 g/mol. The number of ether oxygens (including phenoxy) is 1. The Hall–Kier alpha value is -3.57. The van der Waals surface area contributed by atoms with Crippen molar-refractivity contribution >= 4 is 31.7 Å². The van der Waals surface area contributed by atoms with Crippen LogP contribution < -0.4 is 15.0 Å². The molecule has 0 aliphatic carbocycles. The van der Waals surface area contributed by atoms with Gasteiger partial charge in [-0.2, -0.15) is 8.78 Å². The maximum atomic E-state index is 13.4. The van der Waals surface area contributed by atoms with Gasteiger partial charge in [0.2, 0.25) is 0 Å². The van der Waals surface area contributed by atoms with Crippen LogP contribution in [0.2, 0.25) is 0 Å². The molecule has 0 bridgehead atoms. The molecule has 0 saturated carbocycles. The normalized spacial score (nSPS) is 11.3. The van der Waals surface area contributed by atoms with Gasteiger partial charge in [0, 0.05) is 30.6 Å². The first-order valence-corrected chi connectivity index (χ1v) is 11.2. The predicted octanol–water partition coefficient (Wildman–Crippen LogP) is 5.95. The number of nitrogens with zero attached hydrogens (tertiary/aromatic N) is 2. The summed E-state index contributed by atoms with van der Waals surface area (Å²) >= 11 is 0. The number of hydrogen-bond acceptors (Lipinski definition) is 4. The van der Waals surface area contributed by atoms with Crippen LogP contribution in [-0.2, 0) is 12.2 Å². The van der Waals surface area contributed by atoms with Gasteiger partial charge < -0.3 is 15.0 Å².